The highest BCUT2D eigenvalue weighted by atomic mass is 16.7. The molecule has 1 aliphatic rings. The van der Waals surface area contributed by atoms with Gasteiger partial charge in [0.25, 0.3) is 0 Å². The average Bonchev–Trinajstić information content (AvgIpc) is 2.85. The molecule has 2 atom stereocenters. The number of nitrogens with zero attached hydrogens (tertiary/aromatic N) is 1. The predicted molar refractivity (Wildman–Crippen MR) is 127 cm³/mol. The first-order chi connectivity index (χ1) is 16.2. The zero-order valence-electron chi connectivity index (χ0n) is 19.0. The lowest BCUT2D eigenvalue weighted by molar-refractivity contribution is -0.107. The quantitative estimate of drug-likeness (QED) is 0.517. The van der Waals surface area contributed by atoms with Crippen molar-refractivity contribution in [2.45, 2.75) is 51.5 Å². The summed E-state index contributed by atoms with van der Waals surface area (Å²) in [5.74, 6) is 1.31. The molecule has 1 aliphatic heterocycles. The number of aliphatic hydroxyl groups is 1. The van der Waals surface area contributed by atoms with Gasteiger partial charge in [-0.25, -0.2) is 0 Å². The van der Waals surface area contributed by atoms with Gasteiger partial charge in [-0.15, -0.1) is 0 Å². The molecule has 2 unspecified atom stereocenters. The fourth-order valence-corrected chi connectivity index (χ4v) is 4.12. The summed E-state index contributed by atoms with van der Waals surface area (Å²) in [6, 6.07) is 16.9. The van der Waals surface area contributed by atoms with Gasteiger partial charge in [0, 0.05) is 43.1 Å². The van der Waals surface area contributed by atoms with Crippen molar-refractivity contribution in [2.75, 3.05) is 13.2 Å². The molecular formula is C27H31NO5. The highest BCUT2D eigenvalue weighted by molar-refractivity contribution is 5.53. The molecule has 174 valence electrons. The minimum Gasteiger partial charge on any atom is -0.485 e. The number of aryl methyl sites for hydroxylation is 1. The van der Waals surface area contributed by atoms with Crippen molar-refractivity contribution in [3.05, 3.63) is 93.9 Å². The Kier molecular flexibility index (Phi) is 7.81. The molecule has 0 spiro atoms. The Hall–Kier alpha value is -3.09. The third-order valence-electron chi connectivity index (χ3n) is 5.90. The van der Waals surface area contributed by atoms with Crippen molar-refractivity contribution < 1.29 is 19.3 Å². The predicted octanol–water partition coefficient (Wildman–Crippen LogP) is 4.61. The van der Waals surface area contributed by atoms with E-state index in [1.165, 1.54) is 12.1 Å². The third-order valence-corrected chi connectivity index (χ3v) is 5.90. The number of aliphatic hydroxyl groups excluding tert-OH is 1. The van der Waals surface area contributed by atoms with E-state index in [0.717, 1.165) is 36.0 Å². The first-order valence-corrected chi connectivity index (χ1v) is 11.5. The fraction of sp³-hybridized carbons (Fsp3) is 0.370. The van der Waals surface area contributed by atoms with Crippen LogP contribution in [-0.4, -0.2) is 29.2 Å². The molecule has 0 saturated carbocycles. The Balaban J connectivity index is 1.74. The van der Waals surface area contributed by atoms with Crippen molar-refractivity contribution in [1.29, 1.82) is 0 Å². The van der Waals surface area contributed by atoms with E-state index in [4.69, 9.17) is 14.2 Å². The zero-order valence-corrected chi connectivity index (χ0v) is 19.0. The van der Waals surface area contributed by atoms with Crippen LogP contribution in [0.4, 0.5) is 0 Å². The topological polar surface area (TPSA) is 69.9 Å². The monoisotopic (exact) mass is 449 g/mol. The molecule has 3 aromatic rings. The van der Waals surface area contributed by atoms with E-state index in [1.54, 1.807) is 12.4 Å². The van der Waals surface area contributed by atoms with E-state index in [-0.39, 0.29) is 24.4 Å². The number of aromatic nitrogens is 1. The smallest absolute Gasteiger partial charge is 0.200 e. The molecule has 0 radical (unpaired) electrons. The molecule has 1 aromatic heterocycles. The van der Waals surface area contributed by atoms with Crippen LogP contribution in [0.2, 0.25) is 0 Å². The normalized spacial score (nSPS) is 16.8. The van der Waals surface area contributed by atoms with Gasteiger partial charge >= 0.3 is 0 Å². The fourth-order valence-electron chi connectivity index (χ4n) is 4.12. The van der Waals surface area contributed by atoms with Gasteiger partial charge in [-0.05, 0) is 37.3 Å². The van der Waals surface area contributed by atoms with Gasteiger partial charge in [0.15, 0.2) is 23.2 Å². The second kappa shape index (κ2) is 11.2. The average molecular weight is 450 g/mol. The largest absolute Gasteiger partial charge is 0.485 e. The van der Waals surface area contributed by atoms with Crippen molar-refractivity contribution in [3.63, 3.8) is 0 Å². The standard InChI is InChI=1S/C27H31NO5/c1-20-10-11-23(24(14-17-29)28-15-12-22(30)13-16-28)27(33-25-9-5-6-18-31-25)26(20)32-19-21-7-3-2-4-8-21/h2-4,7-8,10-13,15-16,24-25,29H,5-6,9,14,17-19H2,1H3. The van der Waals surface area contributed by atoms with E-state index in [9.17, 15) is 9.90 Å². The first kappa shape index (κ1) is 23.1. The summed E-state index contributed by atoms with van der Waals surface area (Å²) >= 11 is 0. The van der Waals surface area contributed by atoms with Crippen LogP contribution < -0.4 is 14.9 Å². The van der Waals surface area contributed by atoms with Crippen molar-refractivity contribution in [2.24, 2.45) is 0 Å². The molecule has 0 aliphatic carbocycles. The molecule has 2 aromatic carbocycles. The molecule has 1 N–H and O–H groups in total. The number of ether oxygens (including phenoxy) is 3. The summed E-state index contributed by atoms with van der Waals surface area (Å²) in [5.41, 5.74) is 2.85. The maximum Gasteiger partial charge on any atom is 0.200 e. The van der Waals surface area contributed by atoms with Crippen LogP contribution in [0, 0.1) is 6.92 Å². The second-order valence-corrected chi connectivity index (χ2v) is 8.33. The van der Waals surface area contributed by atoms with Crippen LogP contribution in [0.25, 0.3) is 0 Å². The van der Waals surface area contributed by atoms with Gasteiger partial charge < -0.3 is 23.9 Å². The lowest BCUT2D eigenvalue weighted by Crippen LogP contribution is -2.26. The number of benzene rings is 2. The first-order valence-electron chi connectivity index (χ1n) is 11.5. The molecule has 6 nitrogen and oxygen atoms in total. The third kappa shape index (κ3) is 5.83. The van der Waals surface area contributed by atoms with Gasteiger partial charge in [0.1, 0.15) is 6.61 Å². The van der Waals surface area contributed by atoms with Crippen molar-refractivity contribution >= 4 is 0 Å². The Labute approximate surface area is 194 Å². The van der Waals surface area contributed by atoms with Gasteiger partial charge in [-0.3, -0.25) is 4.79 Å². The summed E-state index contributed by atoms with van der Waals surface area (Å²) in [5, 5.41) is 9.83. The number of hydrogen-bond acceptors (Lipinski definition) is 5. The van der Waals surface area contributed by atoms with Gasteiger partial charge in [0.2, 0.25) is 0 Å². The molecule has 1 saturated heterocycles. The number of pyridine rings is 1. The van der Waals surface area contributed by atoms with Crippen LogP contribution in [0.3, 0.4) is 0 Å². The molecule has 2 heterocycles. The summed E-state index contributed by atoms with van der Waals surface area (Å²) in [6.45, 7) is 3.07. The van der Waals surface area contributed by atoms with Gasteiger partial charge in [-0.1, -0.05) is 42.5 Å². The van der Waals surface area contributed by atoms with Gasteiger partial charge in [0.05, 0.1) is 12.6 Å². The summed E-state index contributed by atoms with van der Waals surface area (Å²) < 4.78 is 20.6. The van der Waals surface area contributed by atoms with Crippen molar-refractivity contribution in [1.82, 2.24) is 4.57 Å². The summed E-state index contributed by atoms with van der Waals surface area (Å²) in [4.78, 5) is 11.7. The molecule has 6 heteroatoms. The SMILES string of the molecule is Cc1ccc(C(CCO)n2ccc(=O)cc2)c(OC2CCCCO2)c1OCc1ccccc1. The van der Waals surface area contributed by atoms with E-state index in [0.29, 0.717) is 31.1 Å². The summed E-state index contributed by atoms with van der Waals surface area (Å²) in [6.07, 6.45) is 6.50. The zero-order chi connectivity index (χ0) is 23.0. The van der Waals surface area contributed by atoms with Crippen molar-refractivity contribution in [3.8, 4) is 11.5 Å². The molecule has 33 heavy (non-hydrogen) atoms. The number of hydrogen-bond donors (Lipinski definition) is 1. The van der Waals surface area contributed by atoms with Crippen LogP contribution in [-0.2, 0) is 11.3 Å². The molecular weight excluding hydrogens is 418 g/mol. The van der Waals surface area contributed by atoms with Crippen LogP contribution in [0.1, 0.15) is 48.4 Å². The number of rotatable bonds is 9. The van der Waals surface area contributed by atoms with Gasteiger partial charge in [-0.2, -0.15) is 0 Å². The molecule has 1 fully saturated rings. The lowest BCUT2D eigenvalue weighted by Gasteiger charge is -2.29. The van der Waals surface area contributed by atoms with Crippen LogP contribution >= 0.6 is 0 Å². The highest BCUT2D eigenvalue weighted by Gasteiger charge is 2.26. The van der Waals surface area contributed by atoms with E-state index in [2.05, 4.69) is 0 Å². The molecule has 0 amide bonds. The molecule has 0 bridgehead atoms. The Morgan fingerprint density at radius 1 is 1.06 bits per heavy atom. The Bertz CT molecular complexity index is 1070. The maximum absolute atomic E-state index is 11.7. The van der Waals surface area contributed by atoms with E-state index in [1.807, 2.05) is 54.0 Å². The van der Waals surface area contributed by atoms with E-state index >= 15 is 0 Å². The summed E-state index contributed by atoms with van der Waals surface area (Å²) in [7, 11) is 0. The minimum atomic E-state index is -0.345. The highest BCUT2D eigenvalue weighted by Crippen LogP contribution is 2.42. The lowest BCUT2D eigenvalue weighted by atomic mass is 9.99. The second-order valence-electron chi connectivity index (χ2n) is 8.33. The molecule has 4 rings (SSSR count). The Morgan fingerprint density at radius 3 is 2.55 bits per heavy atom. The maximum atomic E-state index is 11.7. The minimum absolute atomic E-state index is 0.00968. The van der Waals surface area contributed by atoms with Crippen LogP contribution in [0.5, 0.6) is 11.5 Å². The van der Waals surface area contributed by atoms with Crippen LogP contribution in [0.15, 0.2) is 71.8 Å². The van der Waals surface area contributed by atoms with E-state index < -0.39 is 0 Å². The Morgan fingerprint density at radius 2 is 1.85 bits per heavy atom.